The van der Waals surface area contributed by atoms with Gasteiger partial charge in [-0.25, -0.2) is 14.4 Å². The number of hydrogen-bond acceptors (Lipinski definition) is 5. The van der Waals surface area contributed by atoms with Gasteiger partial charge >= 0.3 is 0 Å². The minimum Gasteiger partial charge on any atom is -0.298 e. The number of aryl methyl sites for hydroxylation is 1. The quantitative estimate of drug-likeness (QED) is 0.374. The van der Waals surface area contributed by atoms with E-state index in [-0.39, 0.29) is 5.82 Å². The van der Waals surface area contributed by atoms with E-state index in [1.807, 2.05) is 29.7 Å². The van der Waals surface area contributed by atoms with Crippen LogP contribution in [0.3, 0.4) is 0 Å². The Bertz CT molecular complexity index is 1140. The van der Waals surface area contributed by atoms with E-state index >= 15 is 0 Å². The van der Waals surface area contributed by atoms with E-state index in [1.165, 1.54) is 30.2 Å². The molecule has 27 heavy (non-hydrogen) atoms. The highest BCUT2D eigenvalue weighted by Gasteiger charge is 2.16. The molecular weight excluding hydrogens is 361 g/mol. The molecule has 0 saturated carbocycles. The fourth-order valence-electron chi connectivity index (χ4n) is 2.83. The Kier molecular flexibility index (Phi) is 4.68. The first kappa shape index (κ1) is 17.4. The summed E-state index contributed by atoms with van der Waals surface area (Å²) in [5.41, 5.74) is 2.81. The molecule has 2 heterocycles. The van der Waals surface area contributed by atoms with Crippen molar-refractivity contribution in [3.05, 3.63) is 72.8 Å². The number of halogens is 1. The zero-order valence-corrected chi connectivity index (χ0v) is 15.4. The maximum Gasteiger partial charge on any atom is 0.198 e. The molecule has 0 saturated heterocycles. The van der Waals surface area contributed by atoms with Gasteiger partial charge in [0.15, 0.2) is 11.0 Å². The molecular formula is C20H16FN5S. The van der Waals surface area contributed by atoms with Crippen LogP contribution in [-0.2, 0) is 6.54 Å². The van der Waals surface area contributed by atoms with Gasteiger partial charge in [0.1, 0.15) is 17.2 Å². The lowest BCUT2D eigenvalue weighted by Gasteiger charge is -2.09. The Morgan fingerprint density at radius 1 is 1.15 bits per heavy atom. The monoisotopic (exact) mass is 377 g/mol. The summed E-state index contributed by atoms with van der Waals surface area (Å²) in [4.78, 5) is 8.51. The van der Waals surface area contributed by atoms with E-state index in [0.717, 1.165) is 17.0 Å². The van der Waals surface area contributed by atoms with Crippen molar-refractivity contribution in [3.63, 3.8) is 0 Å². The van der Waals surface area contributed by atoms with E-state index in [0.29, 0.717) is 27.6 Å². The van der Waals surface area contributed by atoms with Gasteiger partial charge in [-0.1, -0.05) is 29.8 Å². The topological polar surface area (TPSA) is 56.5 Å². The van der Waals surface area contributed by atoms with Gasteiger partial charge in [0.2, 0.25) is 0 Å². The lowest BCUT2D eigenvalue weighted by Crippen LogP contribution is -2.01. The third-order valence-electron chi connectivity index (χ3n) is 4.05. The number of nitrogens with zero attached hydrogens (tertiary/aromatic N) is 5. The van der Waals surface area contributed by atoms with Crippen LogP contribution in [0.2, 0.25) is 0 Å². The van der Waals surface area contributed by atoms with Gasteiger partial charge in [0.25, 0.3) is 0 Å². The molecule has 0 bridgehead atoms. The molecule has 4 rings (SSSR count). The third-order valence-corrected chi connectivity index (χ3v) is 5.06. The smallest absolute Gasteiger partial charge is 0.198 e. The molecule has 0 aliphatic rings. The van der Waals surface area contributed by atoms with E-state index < -0.39 is 0 Å². The van der Waals surface area contributed by atoms with Gasteiger partial charge in [-0.3, -0.25) is 4.57 Å². The van der Waals surface area contributed by atoms with E-state index in [4.69, 9.17) is 0 Å². The molecule has 7 heteroatoms. The van der Waals surface area contributed by atoms with Gasteiger partial charge in [-0.05, 0) is 43.0 Å². The standard InChI is InChI=1S/C20H16FN5S/c1-3-9-26-18(14-6-4-5-13(2)10-14)24-25-20(26)27-19-16-11-15(21)7-8-17(16)22-12-23-19/h3-8,10-12H,1,9H2,2H3. The largest absolute Gasteiger partial charge is 0.298 e. The molecule has 0 atom stereocenters. The van der Waals surface area contributed by atoms with Crippen molar-refractivity contribution in [3.8, 4) is 11.4 Å². The predicted octanol–water partition coefficient (Wildman–Crippen LogP) is 4.67. The molecule has 0 unspecified atom stereocenters. The normalized spacial score (nSPS) is 11.0. The number of aromatic nitrogens is 5. The summed E-state index contributed by atoms with van der Waals surface area (Å²) in [6, 6.07) is 12.6. The Morgan fingerprint density at radius 3 is 2.85 bits per heavy atom. The van der Waals surface area contributed by atoms with Gasteiger partial charge in [0, 0.05) is 17.5 Å². The van der Waals surface area contributed by atoms with Gasteiger partial charge in [-0.15, -0.1) is 16.8 Å². The van der Waals surface area contributed by atoms with Crippen LogP contribution in [0.5, 0.6) is 0 Å². The third kappa shape index (κ3) is 3.46. The van der Waals surface area contributed by atoms with Crippen molar-refractivity contribution in [1.82, 2.24) is 24.7 Å². The fourth-order valence-corrected chi connectivity index (χ4v) is 3.73. The highest BCUT2D eigenvalue weighted by molar-refractivity contribution is 7.99. The molecule has 5 nitrogen and oxygen atoms in total. The van der Waals surface area contributed by atoms with Crippen LogP contribution in [0.25, 0.3) is 22.3 Å². The molecule has 0 N–H and O–H groups in total. The summed E-state index contributed by atoms with van der Waals surface area (Å²) >= 11 is 1.34. The first-order valence-electron chi connectivity index (χ1n) is 8.35. The Morgan fingerprint density at radius 2 is 2.04 bits per heavy atom. The van der Waals surface area contributed by atoms with Crippen molar-refractivity contribution in [2.24, 2.45) is 0 Å². The average Bonchev–Trinajstić information content (AvgIpc) is 3.05. The first-order valence-corrected chi connectivity index (χ1v) is 9.16. The Hall–Kier alpha value is -3.06. The molecule has 0 amide bonds. The van der Waals surface area contributed by atoms with Crippen molar-refractivity contribution >= 4 is 22.7 Å². The highest BCUT2D eigenvalue weighted by atomic mass is 32.2. The van der Waals surface area contributed by atoms with Crippen molar-refractivity contribution in [2.45, 2.75) is 23.7 Å². The molecule has 0 aliphatic heterocycles. The lowest BCUT2D eigenvalue weighted by molar-refractivity contribution is 0.629. The summed E-state index contributed by atoms with van der Waals surface area (Å²) in [5.74, 6) is 0.429. The average molecular weight is 377 g/mol. The second kappa shape index (κ2) is 7.28. The molecule has 0 fully saturated rings. The summed E-state index contributed by atoms with van der Waals surface area (Å²) in [7, 11) is 0. The maximum atomic E-state index is 13.7. The molecule has 134 valence electrons. The second-order valence-corrected chi connectivity index (χ2v) is 6.97. The molecule has 2 aromatic carbocycles. The predicted molar refractivity (Wildman–Crippen MR) is 104 cm³/mol. The Balaban J connectivity index is 1.79. The molecule has 0 aliphatic carbocycles. The van der Waals surface area contributed by atoms with E-state index in [1.54, 1.807) is 12.1 Å². The fraction of sp³-hybridized carbons (Fsp3) is 0.100. The first-order chi connectivity index (χ1) is 13.2. The van der Waals surface area contributed by atoms with Crippen molar-refractivity contribution in [1.29, 1.82) is 0 Å². The summed E-state index contributed by atoms with van der Waals surface area (Å²) < 4.78 is 15.7. The summed E-state index contributed by atoms with van der Waals surface area (Å²) in [6.07, 6.45) is 3.27. The molecule has 4 aromatic rings. The van der Waals surface area contributed by atoms with Crippen molar-refractivity contribution < 1.29 is 4.39 Å². The highest BCUT2D eigenvalue weighted by Crippen LogP contribution is 2.32. The zero-order valence-electron chi connectivity index (χ0n) is 14.6. The van der Waals surface area contributed by atoms with Gasteiger partial charge in [0.05, 0.1) is 5.52 Å². The van der Waals surface area contributed by atoms with Crippen LogP contribution < -0.4 is 0 Å². The number of hydrogen-bond donors (Lipinski definition) is 0. The second-order valence-electron chi connectivity index (χ2n) is 6.02. The Labute approximate surface area is 160 Å². The summed E-state index contributed by atoms with van der Waals surface area (Å²) in [6.45, 7) is 6.42. The van der Waals surface area contributed by atoms with Gasteiger partial charge in [-0.2, -0.15) is 0 Å². The summed E-state index contributed by atoms with van der Waals surface area (Å²) in [5, 5.41) is 10.6. The number of rotatable bonds is 5. The SMILES string of the molecule is C=CCn1c(Sc2ncnc3ccc(F)cc23)nnc1-c1cccc(C)c1. The van der Waals surface area contributed by atoms with Crippen LogP contribution in [0.4, 0.5) is 4.39 Å². The zero-order chi connectivity index (χ0) is 18.8. The van der Waals surface area contributed by atoms with E-state index in [2.05, 4.69) is 32.8 Å². The van der Waals surface area contributed by atoms with Crippen LogP contribution >= 0.6 is 11.8 Å². The minimum atomic E-state index is -0.327. The minimum absolute atomic E-state index is 0.327. The van der Waals surface area contributed by atoms with Crippen LogP contribution in [0, 0.1) is 12.7 Å². The van der Waals surface area contributed by atoms with E-state index in [9.17, 15) is 4.39 Å². The molecule has 0 spiro atoms. The van der Waals surface area contributed by atoms with Gasteiger partial charge < -0.3 is 0 Å². The van der Waals surface area contributed by atoms with Crippen LogP contribution in [-0.4, -0.2) is 24.7 Å². The van der Waals surface area contributed by atoms with Crippen LogP contribution in [0.1, 0.15) is 5.56 Å². The van der Waals surface area contributed by atoms with Crippen LogP contribution in [0.15, 0.2) is 71.6 Å². The molecule has 2 aromatic heterocycles. The number of benzene rings is 2. The van der Waals surface area contributed by atoms with Crippen molar-refractivity contribution in [2.75, 3.05) is 0 Å². The maximum absolute atomic E-state index is 13.7. The number of allylic oxidation sites excluding steroid dienone is 1. The lowest BCUT2D eigenvalue weighted by atomic mass is 10.1. The molecule has 0 radical (unpaired) electrons. The number of fused-ring (bicyclic) bond motifs is 1.